The molecular formula is C18H13F2NO3. The van der Waals surface area contributed by atoms with Crippen molar-refractivity contribution in [1.82, 2.24) is 0 Å². The number of benzene rings is 2. The highest BCUT2D eigenvalue weighted by atomic mass is 19.1. The highest BCUT2D eigenvalue weighted by Crippen LogP contribution is 2.41. The minimum absolute atomic E-state index is 0.0735. The fourth-order valence-corrected chi connectivity index (χ4v) is 2.82. The molecule has 1 amide bonds. The third-order valence-corrected chi connectivity index (χ3v) is 3.89. The van der Waals surface area contributed by atoms with E-state index in [0.29, 0.717) is 0 Å². The van der Waals surface area contributed by atoms with E-state index < -0.39 is 35.1 Å². The van der Waals surface area contributed by atoms with Crippen molar-refractivity contribution in [3.05, 3.63) is 77.1 Å². The van der Waals surface area contributed by atoms with Gasteiger partial charge in [-0.15, -0.1) is 0 Å². The maximum Gasteiger partial charge on any atom is 0.294 e. The third kappa shape index (κ3) is 2.46. The van der Waals surface area contributed by atoms with E-state index in [9.17, 15) is 23.5 Å². The summed E-state index contributed by atoms with van der Waals surface area (Å²) in [5.41, 5.74) is 0.135. The van der Waals surface area contributed by atoms with Gasteiger partial charge in [0.15, 0.2) is 11.5 Å². The molecule has 122 valence electrons. The van der Waals surface area contributed by atoms with Crippen molar-refractivity contribution >= 4 is 17.4 Å². The van der Waals surface area contributed by atoms with Crippen molar-refractivity contribution in [3.63, 3.8) is 0 Å². The highest BCUT2D eigenvalue weighted by Gasteiger charge is 2.44. The van der Waals surface area contributed by atoms with Crippen LogP contribution in [0.4, 0.5) is 14.5 Å². The van der Waals surface area contributed by atoms with Crippen molar-refractivity contribution < 1.29 is 23.5 Å². The van der Waals surface area contributed by atoms with E-state index in [0.717, 1.165) is 17.0 Å². The molecule has 1 aliphatic rings. The maximum atomic E-state index is 14.3. The number of aliphatic hydroxyl groups excluding tert-OH is 1. The number of ketones is 1. The molecule has 2 aromatic rings. The van der Waals surface area contributed by atoms with Gasteiger partial charge in [0.05, 0.1) is 11.6 Å². The van der Waals surface area contributed by atoms with Gasteiger partial charge in [-0.05, 0) is 37.3 Å². The zero-order valence-corrected chi connectivity index (χ0v) is 12.7. The van der Waals surface area contributed by atoms with Gasteiger partial charge in [-0.2, -0.15) is 0 Å². The number of rotatable bonds is 3. The van der Waals surface area contributed by atoms with Crippen LogP contribution in [-0.2, 0) is 9.59 Å². The van der Waals surface area contributed by atoms with Crippen molar-refractivity contribution in [1.29, 1.82) is 0 Å². The number of aliphatic hydroxyl groups is 1. The molecule has 0 bridgehead atoms. The molecule has 1 aliphatic heterocycles. The molecule has 1 heterocycles. The molecule has 1 N–H and O–H groups in total. The zero-order chi connectivity index (χ0) is 17.4. The van der Waals surface area contributed by atoms with Crippen LogP contribution in [0.15, 0.2) is 59.9 Å². The van der Waals surface area contributed by atoms with Crippen LogP contribution < -0.4 is 4.90 Å². The van der Waals surface area contributed by atoms with Gasteiger partial charge in [-0.1, -0.05) is 18.2 Å². The summed E-state index contributed by atoms with van der Waals surface area (Å²) in [5.74, 6) is -3.22. The Bertz CT molecular complexity index is 859. The summed E-state index contributed by atoms with van der Waals surface area (Å²) in [6, 6.07) is 9.53. The average molecular weight is 329 g/mol. The minimum Gasteiger partial charge on any atom is -0.503 e. The van der Waals surface area contributed by atoms with Crippen LogP contribution in [0, 0.1) is 11.6 Å². The lowest BCUT2D eigenvalue weighted by atomic mass is 9.96. The Morgan fingerprint density at radius 1 is 1.08 bits per heavy atom. The molecule has 0 radical (unpaired) electrons. The Balaban J connectivity index is 2.21. The molecule has 24 heavy (non-hydrogen) atoms. The second-order valence-electron chi connectivity index (χ2n) is 5.39. The quantitative estimate of drug-likeness (QED) is 0.938. The highest BCUT2D eigenvalue weighted by molar-refractivity contribution is 6.16. The van der Waals surface area contributed by atoms with Gasteiger partial charge in [0.1, 0.15) is 11.6 Å². The smallest absolute Gasteiger partial charge is 0.294 e. The molecule has 4 nitrogen and oxygen atoms in total. The standard InChI is InChI=1S/C18H13F2NO3/c1-10(22)15-16(13-4-2-3-5-14(13)20)21(18(24)17(15)23)12-8-6-11(19)7-9-12/h2-9,16,23H,1H3/t16-/m1/s1. The predicted octanol–water partition coefficient (Wildman–Crippen LogP) is 3.45. The lowest BCUT2D eigenvalue weighted by Gasteiger charge is -2.26. The van der Waals surface area contributed by atoms with Gasteiger partial charge >= 0.3 is 0 Å². The number of halogens is 2. The van der Waals surface area contributed by atoms with E-state index in [-0.39, 0.29) is 16.8 Å². The minimum atomic E-state index is -1.11. The summed E-state index contributed by atoms with van der Waals surface area (Å²) in [7, 11) is 0. The van der Waals surface area contributed by atoms with Crippen LogP contribution in [0.3, 0.4) is 0 Å². The fourth-order valence-electron chi connectivity index (χ4n) is 2.82. The van der Waals surface area contributed by atoms with Gasteiger partial charge in [-0.25, -0.2) is 8.78 Å². The Kier molecular flexibility index (Phi) is 3.89. The van der Waals surface area contributed by atoms with Gasteiger partial charge in [-0.3, -0.25) is 14.5 Å². The first-order valence-electron chi connectivity index (χ1n) is 7.19. The molecule has 0 unspecified atom stereocenters. The molecule has 0 aliphatic carbocycles. The summed E-state index contributed by atoms with van der Waals surface area (Å²) in [5, 5.41) is 10.1. The molecule has 0 saturated carbocycles. The molecule has 6 heteroatoms. The van der Waals surface area contributed by atoms with Gasteiger partial charge < -0.3 is 5.11 Å². The van der Waals surface area contributed by atoms with Crippen molar-refractivity contribution in [2.45, 2.75) is 13.0 Å². The number of Topliss-reactive ketones (excluding diaryl/α,β-unsaturated/α-hetero) is 1. The van der Waals surface area contributed by atoms with E-state index in [1.165, 1.54) is 37.3 Å². The monoisotopic (exact) mass is 329 g/mol. The van der Waals surface area contributed by atoms with Gasteiger partial charge in [0.2, 0.25) is 0 Å². The van der Waals surface area contributed by atoms with Crippen molar-refractivity contribution in [3.8, 4) is 0 Å². The zero-order valence-electron chi connectivity index (χ0n) is 12.7. The molecule has 0 fully saturated rings. The third-order valence-electron chi connectivity index (χ3n) is 3.89. The maximum absolute atomic E-state index is 14.3. The van der Waals surface area contributed by atoms with Crippen LogP contribution in [0.25, 0.3) is 0 Å². The van der Waals surface area contributed by atoms with E-state index in [1.54, 1.807) is 6.07 Å². The van der Waals surface area contributed by atoms with Crippen molar-refractivity contribution in [2.24, 2.45) is 0 Å². The number of carbonyl (C=O) groups excluding carboxylic acids is 2. The Morgan fingerprint density at radius 2 is 1.71 bits per heavy atom. The van der Waals surface area contributed by atoms with Crippen LogP contribution in [-0.4, -0.2) is 16.8 Å². The number of anilines is 1. The van der Waals surface area contributed by atoms with Crippen molar-refractivity contribution in [2.75, 3.05) is 4.90 Å². The SMILES string of the molecule is CC(=O)C1=C(O)C(=O)N(c2ccc(F)cc2)[C@@H]1c1ccccc1F. The van der Waals surface area contributed by atoms with E-state index in [2.05, 4.69) is 0 Å². The Morgan fingerprint density at radius 3 is 2.29 bits per heavy atom. The molecule has 1 atom stereocenters. The topological polar surface area (TPSA) is 57.6 Å². The Hall–Kier alpha value is -3.02. The molecule has 2 aromatic carbocycles. The van der Waals surface area contributed by atoms with Crippen LogP contribution >= 0.6 is 0 Å². The number of amides is 1. The van der Waals surface area contributed by atoms with E-state index in [4.69, 9.17) is 0 Å². The van der Waals surface area contributed by atoms with Gasteiger partial charge in [0.25, 0.3) is 5.91 Å². The molecule has 0 saturated heterocycles. The molecular weight excluding hydrogens is 316 g/mol. The summed E-state index contributed by atoms with van der Waals surface area (Å²) < 4.78 is 27.4. The second-order valence-corrected chi connectivity index (χ2v) is 5.39. The number of hydrogen-bond acceptors (Lipinski definition) is 3. The fraction of sp³-hybridized carbons (Fsp3) is 0.111. The number of hydrogen-bond donors (Lipinski definition) is 1. The van der Waals surface area contributed by atoms with E-state index in [1.807, 2.05) is 0 Å². The predicted molar refractivity (Wildman–Crippen MR) is 83.4 cm³/mol. The summed E-state index contributed by atoms with van der Waals surface area (Å²) >= 11 is 0. The lowest BCUT2D eigenvalue weighted by Crippen LogP contribution is -2.31. The van der Waals surface area contributed by atoms with Gasteiger partial charge in [0, 0.05) is 11.3 Å². The summed E-state index contributed by atoms with van der Waals surface area (Å²) in [4.78, 5) is 25.5. The number of carbonyl (C=O) groups is 2. The largest absolute Gasteiger partial charge is 0.503 e. The Labute approximate surface area is 136 Å². The first-order chi connectivity index (χ1) is 11.4. The molecule has 0 spiro atoms. The average Bonchev–Trinajstić information content (AvgIpc) is 2.81. The first kappa shape index (κ1) is 15.9. The van der Waals surface area contributed by atoms with Crippen LogP contribution in [0.1, 0.15) is 18.5 Å². The molecule has 0 aromatic heterocycles. The van der Waals surface area contributed by atoms with Crippen LogP contribution in [0.5, 0.6) is 0 Å². The first-order valence-corrected chi connectivity index (χ1v) is 7.19. The second kappa shape index (κ2) is 5.88. The van der Waals surface area contributed by atoms with E-state index >= 15 is 0 Å². The normalized spacial score (nSPS) is 17.5. The number of nitrogens with zero attached hydrogens (tertiary/aromatic N) is 1. The summed E-state index contributed by atoms with van der Waals surface area (Å²) in [6.07, 6.45) is 0. The summed E-state index contributed by atoms with van der Waals surface area (Å²) in [6.45, 7) is 1.20. The van der Waals surface area contributed by atoms with Crippen LogP contribution in [0.2, 0.25) is 0 Å². The molecule has 3 rings (SSSR count). The lowest BCUT2D eigenvalue weighted by molar-refractivity contribution is -0.117.